The van der Waals surface area contributed by atoms with E-state index in [9.17, 15) is 14.4 Å². The summed E-state index contributed by atoms with van der Waals surface area (Å²) in [5.41, 5.74) is 31.1. The highest BCUT2D eigenvalue weighted by Gasteiger charge is 2.20. The third-order valence-corrected chi connectivity index (χ3v) is 7.58. The Kier molecular flexibility index (Phi) is 26.9. The number of amides is 2. The Morgan fingerprint density at radius 1 is 0.833 bits per heavy atom. The lowest BCUT2D eigenvalue weighted by Gasteiger charge is -2.23. The molecule has 54 heavy (non-hydrogen) atoms. The van der Waals surface area contributed by atoms with Gasteiger partial charge < -0.3 is 49.8 Å². The Labute approximate surface area is 340 Å². The molecular formula is C25H43Br2N15O8S4. The number of thioether (sulfide) groups is 3. The predicted octanol–water partition coefficient (Wildman–Crippen LogP) is 2.03. The van der Waals surface area contributed by atoms with Gasteiger partial charge in [0.2, 0.25) is 5.91 Å². The molecule has 0 aliphatic rings. The number of halogens is 2. The SMILES string of the molecule is CCC(C)(C)NC(=O)/C=C(\C)OC(=O)c1nc(Br)c(N)nc1N.CSC(=N)N.CSC(=N)N.CSC(=N)NC(=O)c1nc(Br)c(N)nc1N.O=S(=O)(O)O. The minimum absolute atomic E-state index is 0.000789. The number of aromatic nitrogens is 4. The van der Waals surface area contributed by atoms with Crippen LogP contribution >= 0.6 is 67.1 Å². The van der Waals surface area contributed by atoms with E-state index in [0.29, 0.717) is 0 Å². The first-order chi connectivity index (χ1) is 24.5. The molecule has 2 aromatic rings. The Hall–Kier alpha value is -4.00. The smallest absolute Gasteiger partial charge is 0.394 e. The number of anilines is 4. The van der Waals surface area contributed by atoms with E-state index in [1.807, 2.05) is 20.8 Å². The van der Waals surface area contributed by atoms with Crippen LogP contribution in [0.1, 0.15) is 55.1 Å². The standard InChI is InChI=1S/C14H20BrN5O3.C7H9BrN6OS.2C2H6N2S.H2O4S/c1-5-14(3,4)20-8(21)6-7(2)23-13(22)9-11(16)19-12(17)10(15)18-9;1-16-7(11)14-6(15)2-4(9)13-5(10)3(8)12-2;2*1-5-2(3)4;1-5(2,3)4/h6H,5H2,1-4H3,(H,20,21)(H4,16,17,19);1H3,(H4,9,10,13)(H2,11,14,15);2*1H3,(H3,3,4);(H2,1,2,3,4)/b7-6+;;;;. The number of nitrogens with one attached hydrogen (secondary N) is 5. The molecule has 0 radical (unpaired) electrons. The van der Waals surface area contributed by atoms with E-state index in [2.05, 4.69) is 62.4 Å². The van der Waals surface area contributed by atoms with Crippen LogP contribution < -0.4 is 45.0 Å². The number of hydrogen-bond acceptors (Lipinski definition) is 20. The van der Waals surface area contributed by atoms with Gasteiger partial charge in [0.25, 0.3) is 5.91 Å². The highest BCUT2D eigenvalue weighted by Crippen LogP contribution is 2.20. The Morgan fingerprint density at radius 2 is 1.20 bits per heavy atom. The summed E-state index contributed by atoms with van der Waals surface area (Å²) < 4.78 is 37.1. The van der Waals surface area contributed by atoms with Gasteiger partial charge in [0.1, 0.15) is 15.0 Å². The van der Waals surface area contributed by atoms with Crippen LogP contribution in [-0.2, 0) is 19.9 Å². The first-order valence-corrected chi connectivity index (χ1v) is 20.5. The number of carbonyl (C=O) groups excluding carboxylic acids is 3. The number of nitrogens with zero attached hydrogens (tertiary/aromatic N) is 4. The highest BCUT2D eigenvalue weighted by molar-refractivity contribution is 9.10. The van der Waals surface area contributed by atoms with Crippen molar-refractivity contribution in [1.82, 2.24) is 30.6 Å². The van der Waals surface area contributed by atoms with Gasteiger partial charge in [-0.2, -0.15) is 8.42 Å². The zero-order valence-electron chi connectivity index (χ0n) is 29.8. The summed E-state index contributed by atoms with van der Waals surface area (Å²) in [4.78, 5) is 50.7. The molecule has 0 fully saturated rings. The maximum atomic E-state index is 12.0. The third-order valence-electron chi connectivity index (χ3n) is 5.02. The van der Waals surface area contributed by atoms with Crippen molar-refractivity contribution in [3.63, 3.8) is 0 Å². The largest absolute Gasteiger partial charge is 0.426 e. The minimum atomic E-state index is -4.67. The number of ether oxygens (including phenoxy) is 1. The number of hydrogen-bond donors (Lipinski definition) is 13. The molecular weight excluding hydrogens is 926 g/mol. The second-order valence-electron chi connectivity index (χ2n) is 9.71. The fourth-order valence-electron chi connectivity index (χ4n) is 2.28. The first kappa shape index (κ1) is 54.3. The van der Waals surface area contributed by atoms with Gasteiger partial charge in [-0.3, -0.25) is 34.9 Å². The van der Waals surface area contributed by atoms with Crippen molar-refractivity contribution < 1.29 is 36.6 Å². The van der Waals surface area contributed by atoms with E-state index >= 15 is 0 Å². The van der Waals surface area contributed by atoms with Crippen molar-refractivity contribution >= 4 is 134 Å². The lowest BCUT2D eigenvalue weighted by atomic mass is 10.0. The molecule has 2 rings (SSSR count). The number of nitrogens with two attached hydrogens (primary N) is 6. The van der Waals surface area contributed by atoms with E-state index in [1.165, 1.54) is 36.5 Å². The molecule has 19 N–H and O–H groups in total. The topological polar surface area (TPSA) is 438 Å². The maximum Gasteiger partial charge on any atom is 0.394 e. The second-order valence-corrected chi connectivity index (χ2v) is 14.6. The van der Waals surface area contributed by atoms with Gasteiger partial charge in [-0.15, -0.1) is 0 Å². The zero-order chi connectivity index (χ0) is 43.1. The summed E-state index contributed by atoms with van der Waals surface area (Å²) in [5, 5.41) is 25.7. The van der Waals surface area contributed by atoms with Crippen molar-refractivity contribution in [3.8, 4) is 0 Å². The predicted molar refractivity (Wildman–Crippen MR) is 223 cm³/mol. The number of esters is 1. The van der Waals surface area contributed by atoms with Gasteiger partial charge in [0.05, 0.1) is 0 Å². The minimum Gasteiger partial charge on any atom is -0.426 e. The zero-order valence-corrected chi connectivity index (χ0v) is 36.2. The lowest BCUT2D eigenvalue weighted by Crippen LogP contribution is -2.42. The second kappa shape index (κ2) is 26.7. The van der Waals surface area contributed by atoms with Gasteiger partial charge in [0.15, 0.2) is 50.2 Å². The summed E-state index contributed by atoms with van der Waals surface area (Å²) in [6.45, 7) is 7.22. The summed E-state index contributed by atoms with van der Waals surface area (Å²) in [7, 11) is -4.67. The van der Waals surface area contributed by atoms with Gasteiger partial charge in [0, 0.05) is 11.6 Å². The molecule has 2 heterocycles. The van der Waals surface area contributed by atoms with E-state index in [0.717, 1.165) is 18.2 Å². The molecule has 29 heteroatoms. The summed E-state index contributed by atoms with van der Waals surface area (Å²) >= 11 is 9.66. The summed E-state index contributed by atoms with van der Waals surface area (Å²) in [5.74, 6) is -1.74. The van der Waals surface area contributed by atoms with Crippen molar-refractivity contribution in [2.45, 2.75) is 39.7 Å². The number of carbonyl (C=O) groups is 3. The third kappa shape index (κ3) is 27.6. The maximum absolute atomic E-state index is 12.0. The molecule has 0 aromatic carbocycles. The molecule has 23 nitrogen and oxygen atoms in total. The van der Waals surface area contributed by atoms with Crippen LogP contribution in [0.15, 0.2) is 21.0 Å². The number of nitrogen functional groups attached to an aromatic ring is 4. The van der Waals surface area contributed by atoms with Crippen LogP contribution in [0.3, 0.4) is 0 Å². The monoisotopic (exact) mass is 967 g/mol. The van der Waals surface area contributed by atoms with Crippen molar-refractivity contribution in [2.75, 3.05) is 41.7 Å². The van der Waals surface area contributed by atoms with E-state index in [-0.39, 0.29) is 76.6 Å². The Balaban J connectivity index is -0.000000718. The number of rotatable bonds is 6. The lowest BCUT2D eigenvalue weighted by molar-refractivity contribution is -0.118. The molecule has 0 saturated heterocycles. The molecule has 304 valence electrons. The number of allylic oxidation sites excluding steroid dienone is 1. The Bertz CT molecular complexity index is 1760. The molecule has 0 atom stereocenters. The molecule has 0 saturated carbocycles. The van der Waals surface area contributed by atoms with E-state index in [4.69, 9.17) is 72.9 Å². The molecule has 2 aromatic heterocycles. The van der Waals surface area contributed by atoms with Crippen LogP contribution in [-0.4, -0.2) is 95.1 Å². The van der Waals surface area contributed by atoms with Crippen LogP contribution in [0, 0.1) is 16.2 Å². The van der Waals surface area contributed by atoms with Crippen LogP contribution in [0.25, 0.3) is 0 Å². The van der Waals surface area contributed by atoms with Gasteiger partial charge in [-0.05, 0) is 77.8 Å². The van der Waals surface area contributed by atoms with Crippen LogP contribution in [0.5, 0.6) is 0 Å². The van der Waals surface area contributed by atoms with Crippen molar-refractivity contribution in [1.29, 1.82) is 16.2 Å². The molecule has 0 aliphatic carbocycles. The quantitative estimate of drug-likeness (QED) is 0.0492. The normalized spacial score (nSPS) is 10.5. The highest BCUT2D eigenvalue weighted by atomic mass is 79.9. The molecule has 0 bridgehead atoms. The van der Waals surface area contributed by atoms with Crippen molar-refractivity contribution in [3.05, 3.63) is 32.4 Å². The van der Waals surface area contributed by atoms with E-state index < -0.39 is 22.3 Å². The molecule has 0 aliphatic heterocycles. The average Bonchev–Trinajstić information content (AvgIpc) is 3.03. The van der Waals surface area contributed by atoms with Gasteiger partial charge >= 0.3 is 16.4 Å². The van der Waals surface area contributed by atoms with E-state index in [1.54, 1.807) is 18.8 Å². The average molecular weight is 970 g/mol. The molecule has 0 unspecified atom stereocenters. The number of amidine groups is 3. The Morgan fingerprint density at radius 3 is 1.56 bits per heavy atom. The molecule has 0 spiro atoms. The summed E-state index contributed by atoms with van der Waals surface area (Å²) in [6, 6.07) is 0. The molecule has 2 amide bonds. The van der Waals surface area contributed by atoms with Crippen molar-refractivity contribution in [2.24, 2.45) is 11.5 Å². The van der Waals surface area contributed by atoms with Crippen LogP contribution in [0.2, 0.25) is 0 Å². The van der Waals surface area contributed by atoms with Gasteiger partial charge in [-0.1, -0.05) is 42.2 Å². The first-order valence-electron chi connectivity index (χ1n) is 13.8. The van der Waals surface area contributed by atoms with Crippen LogP contribution in [0.4, 0.5) is 23.3 Å². The fraction of sp³-hybridized carbons (Fsp3) is 0.360. The fourth-order valence-corrected chi connectivity index (χ4v) is 3.01. The summed E-state index contributed by atoms with van der Waals surface area (Å²) in [6.07, 6.45) is 7.14. The van der Waals surface area contributed by atoms with Gasteiger partial charge in [-0.25, -0.2) is 24.7 Å².